The molecule has 0 spiro atoms. The zero-order valence-electron chi connectivity index (χ0n) is 11.8. The molecule has 0 N–H and O–H groups in total. The fourth-order valence-corrected chi connectivity index (χ4v) is 2.88. The van der Waals surface area contributed by atoms with Crippen molar-refractivity contribution >= 4 is 23.2 Å². The number of benzene rings is 2. The van der Waals surface area contributed by atoms with Crippen LogP contribution in [-0.4, -0.2) is 19.6 Å². The van der Waals surface area contributed by atoms with Crippen LogP contribution in [0.4, 0.5) is 5.69 Å². The summed E-state index contributed by atoms with van der Waals surface area (Å²) < 4.78 is 5.19. The van der Waals surface area contributed by atoms with E-state index in [1.807, 2.05) is 47.4 Å². The minimum absolute atomic E-state index is 0.101. The minimum atomic E-state index is 0.101. The number of ether oxygens (including phenoxy) is 1. The summed E-state index contributed by atoms with van der Waals surface area (Å²) in [7, 11) is 1.63. The fourth-order valence-electron chi connectivity index (χ4n) is 2.68. The lowest BCUT2D eigenvalue weighted by Gasteiger charge is -2.17. The van der Waals surface area contributed by atoms with Crippen molar-refractivity contribution in [3.05, 3.63) is 58.6 Å². The van der Waals surface area contributed by atoms with Gasteiger partial charge in [-0.1, -0.05) is 23.7 Å². The van der Waals surface area contributed by atoms with E-state index in [1.165, 1.54) is 0 Å². The molecule has 21 heavy (non-hydrogen) atoms. The Kier molecular flexibility index (Phi) is 3.84. The second-order valence-corrected chi connectivity index (χ2v) is 5.53. The van der Waals surface area contributed by atoms with E-state index < -0.39 is 0 Å². The van der Waals surface area contributed by atoms with Crippen LogP contribution in [0.15, 0.2) is 42.5 Å². The number of rotatable bonds is 3. The normalized spacial score (nSPS) is 13.1. The summed E-state index contributed by atoms with van der Waals surface area (Å²) in [5, 5.41) is 0.718. The molecule has 0 aromatic heterocycles. The monoisotopic (exact) mass is 301 g/mol. The quantitative estimate of drug-likeness (QED) is 0.868. The van der Waals surface area contributed by atoms with Crippen LogP contribution >= 0.6 is 11.6 Å². The first-order valence-electron chi connectivity index (χ1n) is 6.89. The van der Waals surface area contributed by atoms with Gasteiger partial charge in [-0.2, -0.15) is 0 Å². The maximum atomic E-state index is 12.5. The highest BCUT2D eigenvalue weighted by atomic mass is 35.5. The Morgan fingerprint density at radius 3 is 2.95 bits per heavy atom. The summed E-state index contributed by atoms with van der Waals surface area (Å²) in [5.74, 6) is 0.873. The highest BCUT2D eigenvalue weighted by Gasteiger charge is 2.24. The summed E-state index contributed by atoms with van der Waals surface area (Å²) in [6, 6.07) is 13.3. The maximum Gasteiger partial charge on any atom is 0.231 e. The standard InChI is InChI=1S/C17H16ClNO2/c1-21-15-4-2-3-12(9-15)10-17(20)19-8-7-13-11-14(18)5-6-16(13)19/h2-6,9,11H,7-8,10H2,1H3. The molecule has 4 heteroatoms. The number of hydrogen-bond donors (Lipinski definition) is 0. The molecule has 2 aromatic rings. The molecule has 0 aliphatic carbocycles. The third kappa shape index (κ3) is 2.88. The third-order valence-corrected chi connectivity index (χ3v) is 3.96. The van der Waals surface area contributed by atoms with Crippen LogP contribution < -0.4 is 9.64 Å². The van der Waals surface area contributed by atoms with Crippen LogP contribution in [0.25, 0.3) is 0 Å². The first kappa shape index (κ1) is 14.0. The van der Waals surface area contributed by atoms with Crippen molar-refractivity contribution in [2.24, 2.45) is 0 Å². The zero-order valence-corrected chi connectivity index (χ0v) is 12.6. The minimum Gasteiger partial charge on any atom is -0.497 e. The zero-order chi connectivity index (χ0) is 14.8. The van der Waals surface area contributed by atoms with Crippen LogP contribution in [0.5, 0.6) is 5.75 Å². The second kappa shape index (κ2) is 5.78. The number of halogens is 1. The Labute approximate surface area is 129 Å². The lowest BCUT2D eigenvalue weighted by Crippen LogP contribution is -2.30. The number of nitrogens with zero attached hydrogens (tertiary/aromatic N) is 1. The summed E-state index contributed by atoms with van der Waals surface area (Å²) >= 11 is 6.00. The molecule has 3 nitrogen and oxygen atoms in total. The number of amides is 1. The third-order valence-electron chi connectivity index (χ3n) is 3.73. The highest BCUT2D eigenvalue weighted by Crippen LogP contribution is 2.30. The van der Waals surface area contributed by atoms with E-state index in [0.29, 0.717) is 6.42 Å². The van der Waals surface area contributed by atoms with Gasteiger partial charge in [0.1, 0.15) is 5.75 Å². The molecule has 0 atom stereocenters. The van der Waals surface area contributed by atoms with E-state index in [9.17, 15) is 4.79 Å². The number of carbonyl (C=O) groups is 1. The number of hydrogen-bond acceptors (Lipinski definition) is 2. The van der Waals surface area contributed by atoms with Gasteiger partial charge in [0.05, 0.1) is 13.5 Å². The molecule has 1 aliphatic heterocycles. The summed E-state index contributed by atoms with van der Waals surface area (Å²) in [6.07, 6.45) is 1.24. The molecule has 2 aromatic carbocycles. The Hall–Kier alpha value is -2.00. The molecule has 0 bridgehead atoms. The van der Waals surface area contributed by atoms with Crippen LogP contribution in [0.1, 0.15) is 11.1 Å². The molecule has 108 valence electrons. The van der Waals surface area contributed by atoms with E-state index in [4.69, 9.17) is 16.3 Å². The molecule has 3 rings (SSSR count). The maximum absolute atomic E-state index is 12.5. The summed E-state index contributed by atoms with van der Waals surface area (Å²) in [6.45, 7) is 0.721. The van der Waals surface area contributed by atoms with Crippen molar-refractivity contribution in [1.29, 1.82) is 0 Å². The molecular weight excluding hydrogens is 286 g/mol. The van der Waals surface area contributed by atoms with Gasteiger partial charge in [0, 0.05) is 17.3 Å². The van der Waals surface area contributed by atoms with E-state index in [2.05, 4.69) is 0 Å². The van der Waals surface area contributed by atoms with E-state index in [0.717, 1.165) is 40.6 Å². The predicted molar refractivity (Wildman–Crippen MR) is 84.2 cm³/mol. The van der Waals surface area contributed by atoms with Gasteiger partial charge in [0.25, 0.3) is 0 Å². The largest absolute Gasteiger partial charge is 0.497 e. The predicted octanol–water partition coefficient (Wildman–Crippen LogP) is 3.48. The first-order chi connectivity index (χ1) is 10.2. The molecule has 1 heterocycles. The molecule has 0 unspecified atom stereocenters. The van der Waals surface area contributed by atoms with Crippen LogP contribution in [0.2, 0.25) is 5.02 Å². The van der Waals surface area contributed by atoms with Gasteiger partial charge >= 0.3 is 0 Å². The molecule has 1 amide bonds. The van der Waals surface area contributed by atoms with Gasteiger partial charge in [-0.25, -0.2) is 0 Å². The molecule has 0 saturated carbocycles. The summed E-state index contributed by atoms with van der Waals surface area (Å²) in [5.41, 5.74) is 3.08. The Bertz CT molecular complexity index is 684. The van der Waals surface area contributed by atoms with E-state index >= 15 is 0 Å². The number of carbonyl (C=O) groups excluding carboxylic acids is 1. The average Bonchev–Trinajstić information content (AvgIpc) is 2.90. The van der Waals surface area contributed by atoms with Crippen molar-refractivity contribution in [2.75, 3.05) is 18.6 Å². The topological polar surface area (TPSA) is 29.5 Å². The van der Waals surface area contributed by atoms with Gasteiger partial charge in [-0.15, -0.1) is 0 Å². The van der Waals surface area contributed by atoms with Gasteiger partial charge in [0.2, 0.25) is 5.91 Å². The van der Waals surface area contributed by atoms with Gasteiger partial charge in [-0.05, 0) is 47.9 Å². The second-order valence-electron chi connectivity index (χ2n) is 5.10. The number of fused-ring (bicyclic) bond motifs is 1. The van der Waals surface area contributed by atoms with E-state index in [1.54, 1.807) is 7.11 Å². The first-order valence-corrected chi connectivity index (χ1v) is 7.27. The lowest BCUT2D eigenvalue weighted by molar-refractivity contribution is -0.117. The molecule has 1 aliphatic rings. The molecular formula is C17H16ClNO2. The molecule has 0 fully saturated rings. The van der Waals surface area contributed by atoms with Crippen molar-refractivity contribution < 1.29 is 9.53 Å². The smallest absolute Gasteiger partial charge is 0.231 e. The van der Waals surface area contributed by atoms with Crippen LogP contribution in [-0.2, 0) is 17.6 Å². The Morgan fingerprint density at radius 2 is 2.14 bits per heavy atom. The van der Waals surface area contributed by atoms with Gasteiger partial charge in [-0.3, -0.25) is 4.79 Å². The van der Waals surface area contributed by atoms with Gasteiger partial charge in [0.15, 0.2) is 0 Å². The van der Waals surface area contributed by atoms with Crippen LogP contribution in [0, 0.1) is 0 Å². The fraction of sp³-hybridized carbons (Fsp3) is 0.235. The van der Waals surface area contributed by atoms with Crippen LogP contribution in [0.3, 0.4) is 0 Å². The average molecular weight is 302 g/mol. The molecule has 0 saturated heterocycles. The SMILES string of the molecule is COc1cccc(CC(=O)N2CCc3cc(Cl)ccc32)c1. The van der Waals surface area contributed by atoms with Crippen molar-refractivity contribution in [2.45, 2.75) is 12.8 Å². The Morgan fingerprint density at radius 1 is 1.29 bits per heavy atom. The van der Waals surface area contributed by atoms with Gasteiger partial charge < -0.3 is 9.64 Å². The Balaban J connectivity index is 1.78. The molecule has 0 radical (unpaired) electrons. The highest BCUT2D eigenvalue weighted by molar-refractivity contribution is 6.30. The van der Waals surface area contributed by atoms with Crippen molar-refractivity contribution in [1.82, 2.24) is 0 Å². The number of anilines is 1. The van der Waals surface area contributed by atoms with Crippen molar-refractivity contribution in [3.8, 4) is 5.75 Å². The lowest BCUT2D eigenvalue weighted by atomic mass is 10.1. The summed E-state index contributed by atoms with van der Waals surface area (Å²) in [4.78, 5) is 14.4. The van der Waals surface area contributed by atoms with Crippen molar-refractivity contribution in [3.63, 3.8) is 0 Å². The van der Waals surface area contributed by atoms with E-state index in [-0.39, 0.29) is 5.91 Å². The number of methoxy groups -OCH3 is 1.